The lowest BCUT2D eigenvalue weighted by Crippen LogP contribution is -2.33. The number of carbonyl (C=O) groups is 1. The maximum atomic E-state index is 12.2. The summed E-state index contributed by atoms with van der Waals surface area (Å²) in [6.45, 7) is 2.84. The van der Waals surface area contributed by atoms with Crippen molar-refractivity contribution in [1.29, 1.82) is 0 Å². The van der Waals surface area contributed by atoms with E-state index in [0.29, 0.717) is 0 Å². The monoisotopic (exact) mass is 343 g/mol. The molecule has 1 atom stereocenters. The third-order valence-corrected chi connectivity index (χ3v) is 6.22. The molecule has 0 saturated carbocycles. The van der Waals surface area contributed by atoms with Crippen LogP contribution in [0.2, 0.25) is 0 Å². The molecular formula is C19H21NOS2. The predicted octanol–water partition coefficient (Wildman–Crippen LogP) is 4.06. The van der Waals surface area contributed by atoms with Crippen molar-refractivity contribution in [2.24, 2.45) is 0 Å². The first-order valence-corrected chi connectivity index (χ1v) is 9.91. The molecule has 0 unspecified atom stereocenters. The molecule has 0 fully saturated rings. The number of hydrogen-bond acceptors (Lipinski definition) is 3. The summed E-state index contributed by atoms with van der Waals surface area (Å²) in [6, 6.07) is 16.9. The number of amides is 1. The van der Waals surface area contributed by atoms with Gasteiger partial charge < -0.3 is 5.32 Å². The first-order valence-electron chi connectivity index (χ1n) is 7.88. The lowest BCUT2D eigenvalue weighted by Gasteiger charge is -2.09. The SMILES string of the molecule is Cc1ccc(CSCCNC(=O)[C@H]2Cc3ccccc3S2)cc1. The van der Waals surface area contributed by atoms with Gasteiger partial charge in [-0.25, -0.2) is 0 Å². The summed E-state index contributed by atoms with van der Waals surface area (Å²) < 4.78 is 0. The minimum atomic E-state index is 0.0366. The molecule has 1 amide bonds. The molecule has 0 bridgehead atoms. The Balaban J connectivity index is 1.35. The highest BCUT2D eigenvalue weighted by molar-refractivity contribution is 8.01. The molecular weight excluding hydrogens is 322 g/mol. The Bertz CT molecular complexity index is 644. The predicted molar refractivity (Wildman–Crippen MR) is 100 cm³/mol. The van der Waals surface area contributed by atoms with E-state index in [2.05, 4.69) is 48.6 Å². The van der Waals surface area contributed by atoms with Crippen LogP contribution in [0.25, 0.3) is 0 Å². The average molecular weight is 344 g/mol. The summed E-state index contributed by atoms with van der Waals surface area (Å²) >= 11 is 3.55. The molecule has 3 rings (SSSR count). The average Bonchev–Trinajstić information content (AvgIpc) is 3.00. The maximum Gasteiger partial charge on any atom is 0.233 e. The van der Waals surface area contributed by atoms with Crippen LogP contribution in [0.1, 0.15) is 16.7 Å². The highest BCUT2D eigenvalue weighted by Crippen LogP contribution is 2.36. The van der Waals surface area contributed by atoms with Gasteiger partial charge in [0, 0.05) is 22.9 Å². The van der Waals surface area contributed by atoms with Gasteiger partial charge >= 0.3 is 0 Å². The van der Waals surface area contributed by atoms with Crippen LogP contribution in [-0.4, -0.2) is 23.5 Å². The van der Waals surface area contributed by atoms with Crippen LogP contribution in [0.15, 0.2) is 53.4 Å². The summed E-state index contributed by atoms with van der Waals surface area (Å²) in [5, 5.41) is 3.11. The molecule has 1 aliphatic heterocycles. The Kier molecular flexibility index (Phi) is 5.68. The third-order valence-electron chi connectivity index (χ3n) is 3.87. The molecule has 0 aliphatic carbocycles. The van der Waals surface area contributed by atoms with Crippen molar-refractivity contribution in [3.8, 4) is 0 Å². The van der Waals surface area contributed by atoms with Gasteiger partial charge in [0.05, 0.1) is 5.25 Å². The van der Waals surface area contributed by atoms with Gasteiger partial charge in [0.15, 0.2) is 0 Å². The fourth-order valence-electron chi connectivity index (χ4n) is 2.56. The van der Waals surface area contributed by atoms with Gasteiger partial charge in [-0.05, 0) is 30.5 Å². The minimum Gasteiger partial charge on any atom is -0.354 e. The summed E-state index contributed by atoms with van der Waals surface area (Å²) in [7, 11) is 0. The lowest BCUT2D eigenvalue weighted by atomic mass is 10.1. The topological polar surface area (TPSA) is 29.1 Å². The van der Waals surface area contributed by atoms with E-state index in [9.17, 15) is 4.79 Å². The number of aryl methyl sites for hydroxylation is 1. The quantitative estimate of drug-likeness (QED) is 0.802. The normalized spacial score (nSPS) is 16.1. The Morgan fingerprint density at radius 1 is 1.22 bits per heavy atom. The van der Waals surface area contributed by atoms with E-state index in [1.807, 2.05) is 23.9 Å². The third kappa shape index (κ3) is 4.55. The van der Waals surface area contributed by atoms with Gasteiger partial charge in [-0.3, -0.25) is 4.79 Å². The number of fused-ring (bicyclic) bond motifs is 1. The lowest BCUT2D eigenvalue weighted by molar-refractivity contribution is -0.120. The van der Waals surface area contributed by atoms with Gasteiger partial charge in [-0.1, -0.05) is 48.0 Å². The maximum absolute atomic E-state index is 12.2. The highest BCUT2D eigenvalue weighted by atomic mass is 32.2. The number of nitrogens with one attached hydrogen (secondary N) is 1. The molecule has 2 aromatic rings. The van der Waals surface area contributed by atoms with Crippen LogP contribution in [0.3, 0.4) is 0 Å². The van der Waals surface area contributed by atoms with Gasteiger partial charge in [0.2, 0.25) is 5.91 Å². The van der Waals surface area contributed by atoms with E-state index in [1.165, 1.54) is 21.6 Å². The number of hydrogen-bond donors (Lipinski definition) is 1. The van der Waals surface area contributed by atoms with Crippen molar-refractivity contribution in [2.75, 3.05) is 12.3 Å². The van der Waals surface area contributed by atoms with Crippen molar-refractivity contribution in [2.45, 2.75) is 29.2 Å². The van der Waals surface area contributed by atoms with Crippen molar-refractivity contribution in [3.05, 3.63) is 65.2 Å². The van der Waals surface area contributed by atoms with E-state index in [0.717, 1.165) is 24.5 Å². The standard InChI is InChI=1S/C19H21NOS2/c1-14-6-8-15(9-7-14)13-22-11-10-20-19(21)18-12-16-4-2-3-5-17(16)23-18/h2-9,18H,10-13H2,1H3,(H,20,21)/t18-/m1/s1. The van der Waals surface area contributed by atoms with Crippen LogP contribution in [0.5, 0.6) is 0 Å². The number of thioether (sulfide) groups is 2. The second-order valence-electron chi connectivity index (χ2n) is 5.75. The first kappa shape index (κ1) is 16.5. The first-order chi connectivity index (χ1) is 11.2. The largest absolute Gasteiger partial charge is 0.354 e. The van der Waals surface area contributed by atoms with Gasteiger partial charge in [0.25, 0.3) is 0 Å². The van der Waals surface area contributed by atoms with Crippen molar-refractivity contribution in [1.82, 2.24) is 5.32 Å². The molecule has 1 N–H and O–H groups in total. The number of benzene rings is 2. The fourth-order valence-corrected chi connectivity index (χ4v) is 4.60. The molecule has 0 saturated heterocycles. The molecule has 1 aliphatic rings. The van der Waals surface area contributed by atoms with Gasteiger partial charge in [-0.2, -0.15) is 11.8 Å². The van der Waals surface area contributed by atoms with Gasteiger partial charge in [-0.15, -0.1) is 11.8 Å². The summed E-state index contributed by atoms with van der Waals surface area (Å²) in [6.07, 6.45) is 0.850. The second kappa shape index (κ2) is 7.93. The van der Waals surface area contributed by atoms with E-state index >= 15 is 0 Å². The Hall–Kier alpha value is -1.39. The Morgan fingerprint density at radius 3 is 2.78 bits per heavy atom. The van der Waals surface area contributed by atoms with Crippen LogP contribution in [0.4, 0.5) is 0 Å². The summed E-state index contributed by atoms with van der Waals surface area (Å²) in [4.78, 5) is 13.5. The zero-order valence-corrected chi connectivity index (χ0v) is 14.9. The van der Waals surface area contributed by atoms with Crippen molar-refractivity contribution in [3.63, 3.8) is 0 Å². The highest BCUT2D eigenvalue weighted by Gasteiger charge is 2.27. The second-order valence-corrected chi connectivity index (χ2v) is 8.10. The molecule has 120 valence electrons. The number of carbonyl (C=O) groups excluding carboxylic acids is 1. The van der Waals surface area contributed by atoms with Crippen LogP contribution >= 0.6 is 23.5 Å². The zero-order chi connectivity index (χ0) is 16.1. The van der Waals surface area contributed by atoms with Crippen LogP contribution < -0.4 is 5.32 Å². The Morgan fingerprint density at radius 2 is 2.00 bits per heavy atom. The van der Waals surface area contributed by atoms with Gasteiger partial charge in [0.1, 0.15) is 0 Å². The molecule has 1 heterocycles. The summed E-state index contributed by atoms with van der Waals surface area (Å²) in [5.74, 6) is 2.12. The molecule has 0 aromatic heterocycles. The summed E-state index contributed by atoms with van der Waals surface area (Å²) in [5.41, 5.74) is 3.93. The molecule has 2 nitrogen and oxygen atoms in total. The smallest absolute Gasteiger partial charge is 0.233 e. The van der Waals surface area contributed by atoms with E-state index in [-0.39, 0.29) is 11.2 Å². The molecule has 23 heavy (non-hydrogen) atoms. The number of rotatable bonds is 6. The van der Waals surface area contributed by atoms with Crippen molar-refractivity contribution >= 4 is 29.4 Å². The van der Waals surface area contributed by atoms with Crippen LogP contribution in [-0.2, 0) is 17.0 Å². The van der Waals surface area contributed by atoms with E-state index in [1.54, 1.807) is 11.8 Å². The Labute approximate surface area is 146 Å². The molecule has 0 radical (unpaired) electrons. The van der Waals surface area contributed by atoms with Crippen LogP contribution in [0, 0.1) is 6.92 Å². The zero-order valence-electron chi connectivity index (χ0n) is 13.2. The minimum absolute atomic E-state index is 0.0366. The molecule has 2 aromatic carbocycles. The van der Waals surface area contributed by atoms with E-state index < -0.39 is 0 Å². The molecule has 4 heteroatoms. The molecule has 0 spiro atoms. The fraction of sp³-hybridized carbons (Fsp3) is 0.316. The van der Waals surface area contributed by atoms with E-state index in [4.69, 9.17) is 0 Å². The van der Waals surface area contributed by atoms with Crippen molar-refractivity contribution < 1.29 is 4.79 Å².